The van der Waals surface area contributed by atoms with Gasteiger partial charge >= 0.3 is 0 Å². The molecule has 2 aromatic rings. The summed E-state index contributed by atoms with van der Waals surface area (Å²) in [5.74, 6) is 0.480. The van der Waals surface area contributed by atoms with Crippen molar-refractivity contribution in [2.45, 2.75) is 19.1 Å². The minimum Gasteiger partial charge on any atom is -0.491 e. The lowest BCUT2D eigenvalue weighted by Crippen LogP contribution is -2.29. The van der Waals surface area contributed by atoms with Crippen LogP contribution in [0.15, 0.2) is 54.6 Å². The number of benzene rings is 2. The smallest absolute Gasteiger partial charge is 0.129 e. The third kappa shape index (κ3) is 4.55. The topological polar surface area (TPSA) is 44.5 Å². The highest BCUT2D eigenvalue weighted by molar-refractivity contribution is 5.22. The Bertz CT molecular complexity index is 545. The zero-order valence-electron chi connectivity index (χ0n) is 12.0. The fourth-order valence-electron chi connectivity index (χ4n) is 2.08. The lowest BCUT2D eigenvalue weighted by molar-refractivity contribution is 0.0188. The van der Waals surface area contributed by atoms with Crippen LogP contribution in [0.5, 0.6) is 5.75 Å². The maximum atomic E-state index is 13.8. The van der Waals surface area contributed by atoms with E-state index in [4.69, 9.17) is 15.2 Å². The standard InChI is InChI=1S/C17H20FNO2/c1-13(19)17(15-9-5-6-10-16(15)18)21-12-11-20-14-7-3-2-4-8-14/h2-10,13,17H,11-12,19H2,1H3. The van der Waals surface area contributed by atoms with Crippen LogP contribution in [-0.4, -0.2) is 19.3 Å². The summed E-state index contributed by atoms with van der Waals surface area (Å²) in [5.41, 5.74) is 6.38. The molecular formula is C17H20FNO2. The average molecular weight is 289 g/mol. The first-order valence-corrected chi connectivity index (χ1v) is 6.98. The summed E-state index contributed by atoms with van der Waals surface area (Å²) in [6.07, 6.45) is -0.481. The van der Waals surface area contributed by atoms with Crippen LogP contribution in [0.4, 0.5) is 4.39 Å². The van der Waals surface area contributed by atoms with E-state index >= 15 is 0 Å². The molecule has 0 aliphatic rings. The quantitative estimate of drug-likeness (QED) is 0.795. The molecule has 4 heteroatoms. The minimum absolute atomic E-state index is 0.302. The Labute approximate surface area is 124 Å². The number of hydrogen-bond acceptors (Lipinski definition) is 3. The number of rotatable bonds is 7. The molecule has 0 bridgehead atoms. The number of para-hydroxylation sites is 1. The molecule has 0 saturated heterocycles. The maximum absolute atomic E-state index is 13.8. The van der Waals surface area contributed by atoms with Gasteiger partial charge in [-0.25, -0.2) is 4.39 Å². The third-order valence-electron chi connectivity index (χ3n) is 3.08. The highest BCUT2D eigenvalue weighted by Gasteiger charge is 2.20. The molecule has 0 fully saturated rings. The fraction of sp³-hybridized carbons (Fsp3) is 0.294. The van der Waals surface area contributed by atoms with Crippen molar-refractivity contribution in [2.75, 3.05) is 13.2 Å². The van der Waals surface area contributed by atoms with Gasteiger partial charge in [0, 0.05) is 11.6 Å². The van der Waals surface area contributed by atoms with Gasteiger partial charge in [-0.05, 0) is 25.1 Å². The van der Waals surface area contributed by atoms with Gasteiger partial charge < -0.3 is 15.2 Å². The molecule has 21 heavy (non-hydrogen) atoms. The zero-order chi connectivity index (χ0) is 15.1. The molecular weight excluding hydrogens is 269 g/mol. The highest BCUT2D eigenvalue weighted by atomic mass is 19.1. The van der Waals surface area contributed by atoms with Gasteiger partial charge in [0.05, 0.1) is 6.61 Å². The van der Waals surface area contributed by atoms with Crippen LogP contribution in [-0.2, 0) is 4.74 Å². The van der Waals surface area contributed by atoms with E-state index in [1.165, 1.54) is 6.07 Å². The Kier molecular flexibility index (Phi) is 5.72. The van der Waals surface area contributed by atoms with E-state index in [9.17, 15) is 4.39 Å². The highest BCUT2D eigenvalue weighted by Crippen LogP contribution is 2.23. The first-order chi connectivity index (χ1) is 10.2. The van der Waals surface area contributed by atoms with Gasteiger partial charge in [-0.1, -0.05) is 36.4 Å². The molecule has 0 spiro atoms. The Hall–Kier alpha value is -1.91. The largest absolute Gasteiger partial charge is 0.491 e. The van der Waals surface area contributed by atoms with E-state index in [2.05, 4.69) is 0 Å². The lowest BCUT2D eigenvalue weighted by Gasteiger charge is -2.22. The molecule has 2 unspecified atom stereocenters. The molecule has 0 heterocycles. The summed E-state index contributed by atoms with van der Waals surface area (Å²) < 4.78 is 25.1. The van der Waals surface area contributed by atoms with Gasteiger partial charge in [-0.15, -0.1) is 0 Å². The SMILES string of the molecule is CC(N)C(OCCOc1ccccc1)c1ccccc1F. The summed E-state index contributed by atoms with van der Waals surface area (Å²) in [6.45, 7) is 2.53. The fourth-order valence-corrected chi connectivity index (χ4v) is 2.08. The van der Waals surface area contributed by atoms with Crippen molar-refractivity contribution in [1.29, 1.82) is 0 Å². The average Bonchev–Trinajstić information content (AvgIpc) is 2.49. The molecule has 0 radical (unpaired) electrons. The Morgan fingerprint density at radius 3 is 2.33 bits per heavy atom. The summed E-state index contributed by atoms with van der Waals surface area (Å²) in [5, 5.41) is 0. The van der Waals surface area contributed by atoms with Crippen LogP contribution in [0.2, 0.25) is 0 Å². The Morgan fingerprint density at radius 1 is 1.00 bits per heavy atom. The van der Waals surface area contributed by atoms with Crippen molar-refractivity contribution in [3.05, 3.63) is 66.0 Å². The maximum Gasteiger partial charge on any atom is 0.129 e. The number of halogens is 1. The van der Waals surface area contributed by atoms with Crippen LogP contribution in [0.1, 0.15) is 18.6 Å². The first kappa shape index (κ1) is 15.5. The molecule has 2 aromatic carbocycles. The molecule has 3 nitrogen and oxygen atoms in total. The van der Waals surface area contributed by atoms with Crippen molar-refractivity contribution >= 4 is 0 Å². The molecule has 0 aromatic heterocycles. The minimum atomic E-state index is -0.481. The molecule has 2 atom stereocenters. The van der Waals surface area contributed by atoms with E-state index in [0.29, 0.717) is 18.8 Å². The van der Waals surface area contributed by atoms with Gasteiger partial charge in [0.25, 0.3) is 0 Å². The second-order valence-corrected chi connectivity index (χ2v) is 4.83. The van der Waals surface area contributed by atoms with Crippen molar-refractivity contribution in [3.63, 3.8) is 0 Å². The zero-order valence-corrected chi connectivity index (χ0v) is 12.0. The Balaban J connectivity index is 1.88. The second kappa shape index (κ2) is 7.76. The third-order valence-corrected chi connectivity index (χ3v) is 3.08. The van der Waals surface area contributed by atoms with Gasteiger partial charge in [0.2, 0.25) is 0 Å². The number of hydrogen-bond donors (Lipinski definition) is 1. The molecule has 2 rings (SSSR count). The van der Waals surface area contributed by atoms with Crippen LogP contribution >= 0.6 is 0 Å². The number of ether oxygens (including phenoxy) is 2. The first-order valence-electron chi connectivity index (χ1n) is 6.98. The summed E-state index contributed by atoms with van der Waals surface area (Å²) in [6, 6.07) is 15.7. The molecule has 0 amide bonds. The van der Waals surface area contributed by atoms with E-state index in [-0.39, 0.29) is 11.9 Å². The van der Waals surface area contributed by atoms with E-state index in [0.717, 1.165) is 5.75 Å². The molecule has 0 aliphatic carbocycles. The van der Waals surface area contributed by atoms with E-state index < -0.39 is 6.10 Å². The molecule has 0 aliphatic heterocycles. The van der Waals surface area contributed by atoms with Gasteiger partial charge in [-0.3, -0.25) is 0 Å². The monoisotopic (exact) mass is 289 g/mol. The molecule has 2 N–H and O–H groups in total. The predicted molar refractivity (Wildman–Crippen MR) is 80.7 cm³/mol. The van der Waals surface area contributed by atoms with E-state index in [1.807, 2.05) is 30.3 Å². The van der Waals surface area contributed by atoms with Crippen LogP contribution < -0.4 is 10.5 Å². The van der Waals surface area contributed by atoms with Crippen LogP contribution in [0.25, 0.3) is 0 Å². The predicted octanol–water partition coefficient (Wildman–Crippen LogP) is 3.31. The normalized spacial score (nSPS) is 13.7. The number of nitrogens with two attached hydrogens (primary N) is 1. The van der Waals surface area contributed by atoms with Crippen LogP contribution in [0.3, 0.4) is 0 Å². The second-order valence-electron chi connectivity index (χ2n) is 4.83. The summed E-state index contributed by atoms with van der Waals surface area (Å²) in [4.78, 5) is 0. The molecule has 112 valence electrons. The van der Waals surface area contributed by atoms with Crippen molar-refractivity contribution in [3.8, 4) is 5.75 Å². The van der Waals surface area contributed by atoms with Crippen molar-refractivity contribution in [2.24, 2.45) is 5.73 Å². The van der Waals surface area contributed by atoms with Gasteiger partial charge in [0.1, 0.15) is 24.3 Å². The summed E-state index contributed by atoms with van der Waals surface area (Å²) >= 11 is 0. The van der Waals surface area contributed by atoms with Crippen LogP contribution in [0, 0.1) is 5.82 Å². The van der Waals surface area contributed by atoms with E-state index in [1.54, 1.807) is 25.1 Å². The van der Waals surface area contributed by atoms with Crippen molar-refractivity contribution in [1.82, 2.24) is 0 Å². The van der Waals surface area contributed by atoms with Crippen molar-refractivity contribution < 1.29 is 13.9 Å². The summed E-state index contributed by atoms with van der Waals surface area (Å²) in [7, 11) is 0. The Morgan fingerprint density at radius 2 is 1.67 bits per heavy atom. The lowest BCUT2D eigenvalue weighted by atomic mass is 10.0. The van der Waals surface area contributed by atoms with Gasteiger partial charge in [0.15, 0.2) is 0 Å². The molecule has 0 saturated carbocycles. The van der Waals surface area contributed by atoms with Gasteiger partial charge in [-0.2, -0.15) is 0 Å².